The summed E-state index contributed by atoms with van der Waals surface area (Å²) in [7, 11) is 0. The maximum absolute atomic E-state index is 11.3. The highest BCUT2D eigenvalue weighted by Gasteiger charge is 2.42. The third-order valence-electron chi connectivity index (χ3n) is 4.13. The Balaban J connectivity index is 2.45. The summed E-state index contributed by atoms with van der Waals surface area (Å²) in [5, 5.41) is 9.27. The second-order valence-electron chi connectivity index (χ2n) is 6.41. The van der Waals surface area contributed by atoms with Crippen LogP contribution in [0.2, 0.25) is 0 Å². The lowest BCUT2D eigenvalue weighted by Gasteiger charge is -2.36. The Morgan fingerprint density at radius 3 is 2.21 bits per heavy atom. The van der Waals surface area contributed by atoms with Crippen molar-refractivity contribution in [2.24, 2.45) is 5.92 Å². The second-order valence-corrected chi connectivity index (χ2v) is 6.41. The van der Waals surface area contributed by atoms with Gasteiger partial charge in [0.05, 0.1) is 5.92 Å². The zero-order valence-electron chi connectivity index (χ0n) is 12.4. The molecule has 1 aliphatic rings. The normalized spacial score (nSPS) is 21.7. The van der Waals surface area contributed by atoms with Gasteiger partial charge in [0.15, 0.2) is 0 Å². The first kappa shape index (κ1) is 13.9. The molecule has 0 amide bonds. The van der Waals surface area contributed by atoms with E-state index >= 15 is 0 Å². The van der Waals surface area contributed by atoms with E-state index < -0.39 is 5.97 Å². The number of anilines is 1. The summed E-state index contributed by atoms with van der Waals surface area (Å²) in [5.41, 5.74) is 4.83. The van der Waals surface area contributed by atoms with Crippen molar-refractivity contribution in [3.05, 3.63) is 28.8 Å². The highest BCUT2D eigenvalue weighted by molar-refractivity contribution is 5.74. The van der Waals surface area contributed by atoms with Gasteiger partial charge in [-0.25, -0.2) is 0 Å². The molecule has 1 unspecified atom stereocenters. The minimum atomic E-state index is -0.682. The Morgan fingerprint density at radius 1 is 1.26 bits per heavy atom. The third-order valence-corrected chi connectivity index (χ3v) is 4.13. The fourth-order valence-electron chi connectivity index (χ4n) is 3.40. The van der Waals surface area contributed by atoms with Crippen LogP contribution in [0, 0.1) is 26.7 Å². The summed E-state index contributed by atoms with van der Waals surface area (Å²) in [6.45, 7) is 11.2. The number of aryl methyl sites for hydroxylation is 3. The molecule has 0 spiro atoms. The highest BCUT2D eigenvalue weighted by atomic mass is 16.4. The molecule has 1 aromatic carbocycles. The second kappa shape index (κ2) is 4.55. The smallest absolute Gasteiger partial charge is 0.308 e. The van der Waals surface area contributed by atoms with Crippen LogP contribution in [0.3, 0.4) is 0 Å². The molecule has 0 aliphatic carbocycles. The van der Waals surface area contributed by atoms with Crippen LogP contribution in [0.1, 0.15) is 37.0 Å². The molecule has 0 saturated carbocycles. The topological polar surface area (TPSA) is 40.5 Å². The molecule has 1 saturated heterocycles. The van der Waals surface area contributed by atoms with Crippen LogP contribution in [0.4, 0.5) is 5.69 Å². The Bertz CT molecular complexity index is 496. The lowest BCUT2D eigenvalue weighted by Crippen LogP contribution is -2.39. The van der Waals surface area contributed by atoms with Gasteiger partial charge in [0.2, 0.25) is 0 Å². The fourth-order valence-corrected chi connectivity index (χ4v) is 3.40. The van der Waals surface area contributed by atoms with E-state index in [1.165, 1.54) is 22.4 Å². The lowest BCUT2D eigenvalue weighted by atomic mass is 9.95. The number of hydrogen-bond donors (Lipinski definition) is 1. The molecule has 0 aromatic heterocycles. The van der Waals surface area contributed by atoms with Gasteiger partial charge in [0.1, 0.15) is 0 Å². The van der Waals surface area contributed by atoms with Crippen molar-refractivity contribution in [1.82, 2.24) is 0 Å². The standard InChI is InChI=1S/C16H23NO2/c1-10-6-11(2)14(12(3)7-10)17-9-13(15(18)19)8-16(17,4)5/h6-7,13H,8-9H2,1-5H3,(H,18,19). The Morgan fingerprint density at radius 2 is 1.79 bits per heavy atom. The summed E-state index contributed by atoms with van der Waals surface area (Å²) >= 11 is 0. The third kappa shape index (κ3) is 2.46. The predicted molar refractivity (Wildman–Crippen MR) is 77.8 cm³/mol. The van der Waals surface area contributed by atoms with Gasteiger partial charge in [0.25, 0.3) is 0 Å². The number of carbonyl (C=O) groups is 1. The number of carboxylic acids is 1. The number of benzene rings is 1. The predicted octanol–water partition coefficient (Wildman–Crippen LogP) is 3.30. The van der Waals surface area contributed by atoms with E-state index in [0.717, 1.165) is 0 Å². The number of nitrogens with zero attached hydrogens (tertiary/aromatic N) is 1. The molecule has 104 valence electrons. The first-order valence-corrected chi connectivity index (χ1v) is 6.80. The average Bonchev–Trinajstić information content (AvgIpc) is 2.53. The van der Waals surface area contributed by atoms with E-state index in [1.54, 1.807) is 0 Å². The molecule has 1 N–H and O–H groups in total. The molecular formula is C16H23NO2. The van der Waals surface area contributed by atoms with E-state index in [0.29, 0.717) is 13.0 Å². The van der Waals surface area contributed by atoms with Gasteiger partial charge in [0, 0.05) is 17.8 Å². The van der Waals surface area contributed by atoms with Crippen molar-refractivity contribution < 1.29 is 9.90 Å². The molecule has 1 aromatic rings. The van der Waals surface area contributed by atoms with Gasteiger partial charge in [-0.1, -0.05) is 17.7 Å². The molecule has 1 fully saturated rings. The Labute approximate surface area is 115 Å². The summed E-state index contributed by atoms with van der Waals surface area (Å²) < 4.78 is 0. The highest BCUT2D eigenvalue weighted by Crippen LogP contribution is 2.40. The van der Waals surface area contributed by atoms with Crippen molar-refractivity contribution in [3.8, 4) is 0 Å². The van der Waals surface area contributed by atoms with Crippen LogP contribution in [0.5, 0.6) is 0 Å². The molecule has 1 atom stereocenters. The zero-order chi connectivity index (χ0) is 14.4. The summed E-state index contributed by atoms with van der Waals surface area (Å²) in [5.74, 6) is -0.951. The Hall–Kier alpha value is -1.51. The van der Waals surface area contributed by atoms with E-state index in [9.17, 15) is 9.90 Å². The van der Waals surface area contributed by atoms with Gasteiger partial charge >= 0.3 is 5.97 Å². The molecule has 1 aliphatic heterocycles. The monoisotopic (exact) mass is 261 g/mol. The summed E-state index contributed by atoms with van der Waals surface area (Å²) in [4.78, 5) is 13.5. The van der Waals surface area contributed by atoms with E-state index in [4.69, 9.17) is 0 Å². The number of hydrogen-bond acceptors (Lipinski definition) is 2. The van der Waals surface area contributed by atoms with Crippen LogP contribution in [-0.2, 0) is 4.79 Å². The number of carboxylic acid groups (broad SMARTS) is 1. The van der Waals surface area contributed by atoms with E-state index in [2.05, 4.69) is 51.7 Å². The van der Waals surface area contributed by atoms with E-state index in [1.807, 2.05) is 0 Å². The number of aliphatic carboxylic acids is 1. The van der Waals surface area contributed by atoms with Crippen molar-refractivity contribution in [2.45, 2.75) is 46.6 Å². The van der Waals surface area contributed by atoms with E-state index in [-0.39, 0.29) is 11.5 Å². The molecule has 2 rings (SSSR count). The zero-order valence-corrected chi connectivity index (χ0v) is 12.4. The van der Waals surface area contributed by atoms with Crippen molar-refractivity contribution in [1.29, 1.82) is 0 Å². The van der Waals surface area contributed by atoms with Crippen LogP contribution in [-0.4, -0.2) is 23.2 Å². The summed E-state index contributed by atoms with van der Waals surface area (Å²) in [6, 6.07) is 4.35. The largest absolute Gasteiger partial charge is 0.481 e. The van der Waals surface area contributed by atoms with Gasteiger partial charge < -0.3 is 10.0 Å². The van der Waals surface area contributed by atoms with Crippen LogP contribution in [0.25, 0.3) is 0 Å². The molecule has 19 heavy (non-hydrogen) atoms. The van der Waals surface area contributed by atoms with Gasteiger partial charge in [-0.3, -0.25) is 4.79 Å². The van der Waals surface area contributed by atoms with Gasteiger partial charge in [-0.05, 0) is 52.2 Å². The quantitative estimate of drug-likeness (QED) is 0.888. The SMILES string of the molecule is Cc1cc(C)c(N2CC(C(=O)O)CC2(C)C)c(C)c1. The average molecular weight is 261 g/mol. The van der Waals surface area contributed by atoms with Crippen molar-refractivity contribution >= 4 is 11.7 Å². The van der Waals surface area contributed by atoms with Gasteiger partial charge in [-0.2, -0.15) is 0 Å². The first-order valence-electron chi connectivity index (χ1n) is 6.80. The maximum Gasteiger partial charge on any atom is 0.308 e. The minimum Gasteiger partial charge on any atom is -0.481 e. The van der Waals surface area contributed by atoms with Crippen LogP contribution >= 0.6 is 0 Å². The maximum atomic E-state index is 11.3. The lowest BCUT2D eigenvalue weighted by molar-refractivity contribution is -0.141. The molecular weight excluding hydrogens is 238 g/mol. The number of rotatable bonds is 2. The first-order chi connectivity index (χ1) is 8.72. The summed E-state index contributed by atoms with van der Waals surface area (Å²) in [6.07, 6.45) is 0.703. The fraction of sp³-hybridized carbons (Fsp3) is 0.562. The van der Waals surface area contributed by atoms with Crippen molar-refractivity contribution in [3.63, 3.8) is 0 Å². The molecule has 3 heteroatoms. The van der Waals surface area contributed by atoms with Crippen LogP contribution in [0.15, 0.2) is 12.1 Å². The molecule has 0 bridgehead atoms. The van der Waals surface area contributed by atoms with Crippen molar-refractivity contribution in [2.75, 3.05) is 11.4 Å². The van der Waals surface area contributed by atoms with Gasteiger partial charge in [-0.15, -0.1) is 0 Å². The molecule has 3 nitrogen and oxygen atoms in total. The minimum absolute atomic E-state index is 0.103. The molecule has 0 radical (unpaired) electrons. The Kier molecular flexibility index (Phi) is 3.33. The molecule has 1 heterocycles. The van der Waals surface area contributed by atoms with Crippen LogP contribution < -0.4 is 4.90 Å².